The van der Waals surface area contributed by atoms with E-state index < -0.39 is 6.10 Å². The summed E-state index contributed by atoms with van der Waals surface area (Å²) in [6, 6.07) is 0.318. The highest BCUT2D eigenvalue weighted by Gasteiger charge is 2.32. The third-order valence-corrected chi connectivity index (χ3v) is 2.77. The number of likely N-dealkylation sites (N-methyl/N-ethyl adjacent to an activating group) is 1. The number of anilines is 1. The van der Waals surface area contributed by atoms with E-state index in [4.69, 9.17) is 9.26 Å². The van der Waals surface area contributed by atoms with Gasteiger partial charge in [-0.1, -0.05) is 19.0 Å². The number of aromatic nitrogens is 2. The molecule has 6 nitrogen and oxygen atoms in total. The average molecular weight is 227 g/mol. The summed E-state index contributed by atoms with van der Waals surface area (Å²) in [6.45, 7) is 4.85. The topological polar surface area (TPSA) is 71.6 Å². The summed E-state index contributed by atoms with van der Waals surface area (Å²) in [7, 11) is 1.82. The largest absolute Gasteiger partial charge is 0.388 e. The van der Waals surface area contributed by atoms with Crippen molar-refractivity contribution in [1.29, 1.82) is 0 Å². The van der Waals surface area contributed by atoms with E-state index in [-0.39, 0.29) is 12.0 Å². The van der Waals surface area contributed by atoms with Crippen molar-refractivity contribution in [2.45, 2.75) is 31.9 Å². The highest BCUT2D eigenvalue weighted by molar-refractivity contribution is 5.27. The first kappa shape index (κ1) is 11.3. The molecule has 2 rings (SSSR count). The first-order chi connectivity index (χ1) is 7.59. The van der Waals surface area contributed by atoms with Crippen LogP contribution < -0.4 is 4.90 Å². The number of aliphatic hydroxyl groups excluding tert-OH is 1. The van der Waals surface area contributed by atoms with E-state index in [2.05, 4.69) is 10.1 Å². The molecule has 1 saturated heterocycles. The molecule has 2 atom stereocenters. The molecule has 1 aromatic heterocycles. The molecule has 0 saturated carbocycles. The fourth-order valence-corrected chi connectivity index (χ4v) is 1.65. The lowest BCUT2D eigenvalue weighted by Gasteiger charge is -2.22. The molecule has 0 radical (unpaired) electrons. The summed E-state index contributed by atoms with van der Waals surface area (Å²) in [6.07, 6.45) is -0.501. The molecule has 1 N–H and O–H groups in total. The maximum Gasteiger partial charge on any atom is 0.324 e. The molecule has 90 valence electrons. The smallest absolute Gasteiger partial charge is 0.324 e. The summed E-state index contributed by atoms with van der Waals surface area (Å²) < 4.78 is 10.3. The Morgan fingerprint density at radius 3 is 2.69 bits per heavy atom. The van der Waals surface area contributed by atoms with E-state index in [0.29, 0.717) is 25.1 Å². The van der Waals surface area contributed by atoms with E-state index in [1.165, 1.54) is 0 Å². The molecule has 1 aliphatic heterocycles. The van der Waals surface area contributed by atoms with Crippen molar-refractivity contribution in [3.05, 3.63) is 5.82 Å². The predicted molar refractivity (Wildman–Crippen MR) is 57.4 cm³/mol. The summed E-state index contributed by atoms with van der Waals surface area (Å²) in [5.74, 6) is 0.908. The Morgan fingerprint density at radius 1 is 1.44 bits per heavy atom. The second-order valence-corrected chi connectivity index (χ2v) is 4.37. The van der Waals surface area contributed by atoms with Gasteiger partial charge in [-0.05, 0) is 0 Å². The third-order valence-electron chi connectivity index (χ3n) is 2.77. The van der Waals surface area contributed by atoms with Crippen LogP contribution in [0.3, 0.4) is 0 Å². The van der Waals surface area contributed by atoms with Crippen LogP contribution >= 0.6 is 0 Å². The fraction of sp³-hybridized carbons (Fsp3) is 0.800. The van der Waals surface area contributed by atoms with Crippen LogP contribution in [0, 0.1) is 0 Å². The lowest BCUT2D eigenvalue weighted by atomic mass is 10.2. The first-order valence-electron chi connectivity index (χ1n) is 5.42. The summed E-state index contributed by atoms with van der Waals surface area (Å²) in [4.78, 5) is 6.04. The van der Waals surface area contributed by atoms with Crippen molar-refractivity contribution in [3.63, 3.8) is 0 Å². The van der Waals surface area contributed by atoms with E-state index >= 15 is 0 Å². The first-order valence-corrected chi connectivity index (χ1v) is 5.42. The van der Waals surface area contributed by atoms with Crippen LogP contribution in [0.25, 0.3) is 0 Å². The Labute approximate surface area is 94.2 Å². The molecule has 0 unspecified atom stereocenters. The SMILES string of the molecule is CC(C)c1noc(N(C)[C@@H]2COC[C@H]2O)n1. The van der Waals surface area contributed by atoms with Crippen molar-refractivity contribution < 1.29 is 14.4 Å². The summed E-state index contributed by atoms with van der Waals surface area (Å²) in [5.41, 5.74) is 0. The van der Waals surface area contributed by atoms with Crippen LogP contribution in [0.15, 0.2) is 4.52 Å². The molecule has 0 aliphatic carbocycles. The maximum absolute atomic E-state index is 9.68. The molecule has 1 aliphatic rings. The van der Waals surface area contributed by atoms with E-state index in [1.54, 1.807) is 4.90 Å². The number of hydrogen-bond donors (Lipinski definition) is 1. The molecule has 1 fully saturated rings. The van der Waals surface area contributed by atoms with Gasteiger partial charge in [0.1, 0.15) is 0 Å². The zero-order valence-corrected chi connectivity index (χ0v) is 9.75. The molecule has 0 amide bonds. The second kappa shape index (κ2) is 4.39. The van der Waals surface area contributed by atoms with E-state index in [0.717, 1.165) is 0 Å². The van der Waals surface area contributed by atoms with Crippen molar-refractivity contribution in [2.24, 2.45) is 0 Å². The van der Waals surface area contributed by atoms with Gasteiger partial charge in [0.2, 0.25) is 0 Å². The summed E-state index contributed by atoms with van der Waals surface area (Å²) >= 11 is 0. The Hall–Kier alpha value is -1.14. The molecular formula is C10H17N3O3. The van der Waals surface area contributed by atoms with Crippen LogP contribution in [0.5, 0.6) is 0 Å². The van der Waals surface area contributed by atoms with E-state index in [1.807, 2.05) is 20.9 Å². The van der Waals surface area contributed by atoms with Gasteiger partial charge in [-0.3, -0.25) is 0 Å². The van der Waals surface area contributed by atoms with Gasteiger partial charge in [-0.15, -0.1) is 0 Å². The minimum Gasteiger partial charge on any atom is -0.388 e. The minimum atomic E-state index is -0.501. The second-order valence-electron chi connectivity index (χ2n) is 4.37. The van der Waals surface area contributed by atoms with Gasteiger partial charge in [-0.25, -0.2) is 0 Å². The number of aliphatic hydroxyl groups is 1. The molecule has 0 aromatic carbocycles. The Kier molecular flexibility index (Phi) is 3.11. The number of hydrogen-bond acceptors (Lipinski definition) is 6. The average Bonchev–Trinajstić information content (AvgIpc) is 2.84. The van der Waals surface area contributed by atoms with Crippen molar-refractivity contribution in [3.8, 4) is 0 Å². The Bertz CT molecular complexity index is 353. The van der Waals surface area contributed by atoms with Crippen LogP contribution in [0.1, 0.15) is 25.6 Å². The van der Waals surface area contributed by atoms with Crippen LogP contribution in [-0.2, 0) is 4.74 Å². The van der Waals surface area contributed by atoms with Gasteiger partial charge in [0.05, 0.1) is 25.4 Å². The molecule has 6 heteroatoms. The molecule has 2 heterocycles. The van der Waals surface area contributed by atoms with Crippen molar-refractivity contribution >= 4 is 6.01 Å². The maximum atomic E-state index is 9.68. The van der Waals surface area contributed by atoms with Gasteiger partial charge in [0, 0.05) is 13.0 Å². The predicted octanol–water partition coefficient (Wildman–Crippen LogP) is 0.389. The van der Waals surface area contributed by atoms with E-state index in [9.17, 15) is 5.11 Å². The van der Waals surface area contributed by atoms with Crippen molar-refractivity contribution in [1.82, 2.24) is 10.1 Å². The fourth-order valence-electron chi connectivity index (χ4n) is 1.65. The monoisotopic (exact) mass is 227 g/mol. The van der Waals surface area contributed by atoms with Gasteiger partial charge >= 0.3 is 6.01 Å². The highest BCUT2D eigenvalue weighted by Crippen LogP contribution is 2.20. The minimum absolute atomic E-state index is 0.111. The van der Waals surface area contributed by atoms with Gasteiger partial charge in [-0.2, -0.15) is 4.98 Å². The zero-order chi connectivity index (χ0) is 11.7. The normalized spacial score (nSPS) is 25.3. The van der Waals surface area contributed by atoms with Crippen LogP contribution in [-0.4, -0.2) is 47.7 Å². The molecule has 16 heavy (non-hydrogen) atoms. The molecule has 0 spiro atoms. The number of nitrogens with zero attached hydrogens (tertiary/aromatic N) is 3. The summed E-state index contributed by atoms with van der Waals surface area (Å²) in [5, 5.41) is 13.6. The van der Waals surface area contributed by atoms with Crippen molar-refractivity contribution in [2.75, 3.05) is 25.2 Å². The standard InChI is InChI=1S/C10H17N3O3/c1-6(2)9-11-10(16-12-9)13(3)7-4-15-5-8(7)14/h6-8,14H,4-5H2,1-3H3/t7-,8-/m1/s1. The van der Waals surface area contributed by atoms with Crippen LogP contribution in [0.4, 0.5) is 6.01 Å². The number of ether oxygens (including phenoxy) is 1. The number of rotatable bonds is 3. The van der Waals surface area contributed by atoms with Gasteiger partial charge in [0.15, 0.2) is 5.82 Å². The Morgan fingerprint density at radius 2 is 2.19 bits per heavy atom. The quantitative estimate of drug-likeness (QED) is 0.805. The molecular weight excluding hydrogens is 210 g/mol. The van der Waals surface area contributed by atoms with Crippen LogP contribution in [0.2, 0.25) is 0 Å². The molecule has 0 bridgehead atoms. The lowest BCUT2D eigenvalue weighted by molar-refractivity contribution is 0.124. The zero-order valence-electron chi connectivity index (χ0n) is 9.75. The van der Waals surface area contributed by atoms with Gasteiger partial charge < -0.3 is 19.3 Å². The highest BCUT2D eigenvalue weighted by atomic mass is 16.5. The van der Waals surface area contributed by atoms with Gasteiger partial charge in [0.25, 0.3) is 0 Å². The third kappa shape index (κ3) is 2.03. The Balaban J connectivity index is 2.10. The molecule has 1 aromatic rings. The lowest BCUT2D eigenvalue weighted by Crippen LogP contribution is -2.40.